The van der Waals surface area contributed by atoms with Crippen LogP contribution in [-0.4, -0.2) is 79.4 Å². The molecule has 122 valence electrons. The summed E-state index contributed by atoms with van der Waals surface area (Å²) in [6.45, 7) is 8.58. The van der Waals surface area contributed by atoms with Gasteiger partial charge in [-0.3, -0.25) is 14.7 Å². The molecule has 1 aliphatic rings. The van der Waals surface area contributed by atoms with Crippen molar-refractivity contribution in [1.82, 2.24) is 14.7 Å². The van der Waals surface area contributed by atoms with Crippen LogP contribution in [0.2, 0.25) is 0 Å². The molecule has 1 saturated heterocycles. The second kappa shape index (κ2) is 8.87. The molecular weight excluding hydrogens is 266 g/mol. The number of likely N-dealkylation sites (tertiary alicyclic amines) is 1. The summed E-state index contributed by atoms with van der Waals surface area (Å²) in [4.78, 5) is 22.6. The Balaban J connectivity index is 2.38. The van der Waals surface area contributed by atoms with Crippen LogP contribution in [0.5, 0.6) is 0 Å². The molecular formula is C15H31N5O. The van der Waals surface area contributed by atoms with Crippen LogP contribution in [0.4, 0.5) is 0 Å². The number of hydrogen-bond donors (Lipinski definition) is 1. The first kappa shape index (κ1) is 17.8. The molecule has 1 heterocycles. The molecule has 0 spiro atoms. The fourth-order valence-electron chi connectivity index (χ4n) is 2.79. The molecule has 0 aromatic rings. The number of rotatable bonds is 7. The monoisotopic (exact) mass is 297 g/mol. The highest BCUT2D eigenvalue weighted by molar-refractivity contribution is 5.81. The normalized spacial score (nSPS) is 19.8. The summed E-state index contributed by atoms with van der Waals surface area (Å²) in [7, 11) is 3.65. The van der Waals surface area contributed by atoms with E-state index in [-0.39, 0.29) is 11.9 Å². The molecule has 0 radical (unpaired) electrons. The van der Waals surface area contributed by atoms with E-state index < -0.39 is 0 Å². The lowest BCUT2D eigenvalue weighted by Crippen LogP contribution is -2.43. The first-order valence-corrected chi connectivity index (χ1v) is 8.01. The fourth-order valence-corrected chi connectivity index (χ4v) is 2.79. The summed E-state index contributed by atoms with van der Waals surface area (Å²) in [6.07, 6.45) is 3.02. The number of likely N-dealkylation sites (N-methyl/N-ethyl adjacent to an activating group) is 1. The van der Waals surface area contributed by atoms with Crippen LogP contribution < -0.4 is 5.73 Å². The Bertz CT molecular complexity index is 352. The third kappa shape index (κ3) is 5.19. The molecule has 0 aromatic heterocycles. The number of amides is 1. The van der Waals surface area contributed by atoms with Crippen LogP contribution in [0.15, 0.2) is 4.99 Å². The van der Waals surface area contributed by atoms with Crippen LogP contribution in [0.3, 0.4) is 0 Å². The highest BCUT2D eigenvalue weighted by atomic mass is 16.2. The van der Waals surface area contributed by atoms with Gasteiger partial charge in [-0.25, -0.2) is 0 Å². The van der Waals surface area contributed by atoms with E-state index in [2.05, 4.69) is 23.7 Å². The van der Waals surface area contributed by atoms with Gasteiger partial charge in [-0.05, 0) is 39.7 Å². The third-order valence-electron chi connectivity index (χ3n) is 4.05. The van der Waals surface area contributed by atoms with E-state index in [1.165, 1.54) is 0 Å². The third-order valence-corrected chi connectivity index (χ3v) is 4.05. The first-order chi connectivity index (χ1) is 10.0. The summed E-state index contributed by atoms with van der Waals surface area (Å²) in [6, 6.07) is 0.0594. The Kier molecular flexibility index (Phi) is 7.50. The van der Waals surface area contributed by atoms with Gasteiger partial charge in [-0.15, -0.1) is 0 Å². The van der Waals surface area contributed by atoms with Crippen molar-refractivity contribution in [2.75, 3.05) is 46.8 Å². The van der Waals surface area contributed by atoms with Gasteiger partial charge in [0, 0.05) is 40.3 Å². The largest absolute Gasteiger partial charge is 0.370 e. The highest BCUT2D eigenvalue weighted by Gasteiger charge is 2.30. The minimum atomic E-state index is 0.0594. The Hall–Kier alpha value is -1.30. The Labute approximate surface area is 129 Å². The fraction of sp³-hybridized carbons (Fsp3) is 0.867. The summed E-state index contributed by atoms with van der Waals surface area (Å²) in [5, 5.41) is 0. The Morgan fingerprint density at radius 3 is 2.57 bits per heavy atom. The molecule has 1 fully saturated rings. The minimum absolute atomic E-state index is 0.0594. The van der Waals surface area contributed by atoms with E-state index >= 15 is 0 Å². The van der Waals surface area contributed by atoms with E-state index in [0.717, 1.165) is 52.0 Å². The zero-order valence-corrected chi connectivity index (χ0v) is 14.0. The number of carbonyl (C=O) groups excluding carboxylic acids is 1. The van der Waals surface area contributed by atoms with Gasteiger partial charge < -0.3 is 15.5 Å². The van der Waals surface area contributed by atoms with Gasteiger partial charge in [0.1, 0.15) is 0 Å². The molecule has 2 N–H and O–H groups in total. The van der Waals surface area contributed by atoms with Gasteiger partial charge in [-0.2, -0.15) is 0 Å². The van der Waals surface area contributed by atoms with Crippen molar-refractivity contribution in [3.05, 3.63) is 0 Å². The lowest BCUT2D eigenvalue weighted by molar-refractivity contribution is -0.133. The topological polar surface area (TPSA) is 65.2 Å². The molecule has 6 nitrogen and oxygen atoms in total. The maximum atomic E-state index is 12.1. The van der Waals surface area contributed by atoms with Gasteiger partial charge in [-0.1, -0.05) is 0 Å². The van der Waals surface area contributed by atoms with Crippen LogP contribution in [0, 0.1) is 0 Å². The van der Waals surface area contributed by atoms with Crippen molar-refractivity contribution in [1.29, 1.82) is 0 Å². The first-order valence-electron chi connectivity index (χ1n) is 8.01. The number of hydrogen-bond acceptors (Lipinski definition) is 3. The molecule has 0 aromatic carbocycles. The van der Waals surface area contributed by atoms with Gasteiger partial charge in [0.25, 0.3) is 0 Å². The zero-order valence-electron chi connectivity index (χ0n) is 14.0. The number of carbonyl (C=O) groups is 1. The second-order valence-electron chi connectivity index (χ2n) is 5.69. The van der Waals surface area contributed by atoms with Crippen molar-refractivity contribution >= 4 is 11.9 Å². The van der Waals surface area contributed by atoms with E-state index in [4.69, 9.17) is 5.73 Å². The summed E-state index contributed by atoms with van der Waals surface area (Å²) >= 11 is 0. The van der Waals surface area contributed by atoms with Gasteiger partial charge >= 0.3 is 0 Å². The van der Waals surface area contributed by atoms with E-state index in [1.807, 2.05) is 19.0 Å². The number of aliphatic imine (C=N–C) groups is 1. The summed E-state index contributed by atoms with van der Waals surface area (Å²) in [5.74, 6) is 0.848. The molecule has 0 saturated carbocycles. The molecule has 6 heteroatoms. The van der Waals surface area contributed by atoms with Crippen LogP contribution >= 0.6 is 0 Å². The molecule has 1 unspecified atom stereocenters. The lowest BCUT2D eigenvalue weighted by atomic mass is 10.2. The van der Waals surface area contributed by atoms with Crippen molar-refractivity contribution in [3.8, 4) is 0 Å². The van der Waals surface area contributed by atoms with Gasteiger partial charge in [0.05, 0.1) is 6.04 Å². The van der Waals surface area contributed by atoms with Gasteiger partial charge in [0.2, 0.25) is 5.91 Å². The van der Waals surface area contributed by atoms with E-state index in [1.54, 1.807) is 4.90 Å². The predicted octanol–water partition coefficient (Wildman–Crippen LogP) is 0.586. The average Bonchev–Trinajstić information content (AvgIpc) is 2.92. The number of nitrogens with zero attached hydrogens (tertiary/aromatic N) is 4. The Morgan fingerprint density at radius 1 is 1.33 bits per heavy atom. The number of nitrogens with two attached hydrogens (primary N) is 1. The van der Waals surface area contributed by atoms with Crippen LogP contribution in [0.1, 0.15) is 33.1 Å². The maximum absolute atomic E-state index is 12.1. The van der Waals surface area contributed by atoms with E-state index in [9.17, 15) is 4.79 Å². The minimum Gasteiger partial charge on any atom is -0.370 e. The van der Waals surface area contributed by atoms with Crippen molar-refractivity contribution in [2.24, 2.45) is 10.7 Å². The molecule has 1 rings (SSSR count). The van der Waals surface area contributed by atoms with Crippen molar-refractivity contribution < 1.29 is 4.79 Å². The molecule has 21 heavy (non-hydrogen) atoms. The standard InChI is InChI=1S/C15H31N5O/c1-5-19(6-2)15(16)17-10-8-12-20-11-7-9-13(20)14(21)18(3)4/h13H,5-12H2,1-4H3,(H2,16,17). The quantitative estimate of drug-likeness (QED) is 0.424. The van der Waals surface area contributed by atoms with Gasteiger partial charge in [0.15, 0.2) is 5.96 Å². The Morgan fingerprint density at radius 2 is 2.00 bits per heavy atom. The molecule has 0 aliphatic carbocycles. The van der Waals surface area contributed by atoms with Crippen molar-refractivity contribution in [2.45, 2.75) is 39.2 Å². The highest BCUT2D eigenvalue weighted by Crippen LogP contribution is 2.18. The predicted molar refractivity (Wildman–Crippen MR) is 87.3 cm³/mol. The van der Waals surface area contributed by atoms with E-state index in [0.29, 0.717) is 5.96 Å². The molecule has 0 bridgehead atoms. The lowest BCUT2D eigenvalue weighted by Gasteiger charge is -2.25. The van der Waals surface area contributed by atoms with Crippen molar-refractivity contribution in [3.63, 3.8) is 0 Å². The molecule has 1 atom stereocenters. The van der Waals surface area contributed by atoms with Crippen LogP contribution in [-0.2, 0) is 4.79 Å². The maximum Gasteiger partial charge on any atom is 0.239 e. The smallest absolute Gasteiger partial charge is 0.239 e. The molecule has 1 aliphatic heterocycles. The SMILES string of the molecule is CCN(CC)C(N)=NCCCN1CCCC1C(=O)N(C)C. The summed E-state index contributed by atoms with van der Waals surface area (Å²) < 4.78 is 0. The number of guanidine groups is 1. The molecule has 1 amide bonds. The average molecular weight is 297 g/mol. The summed E-state index contributed by atoms with van der Waals surface area (Å²) in [5.41, 5.74) is 5.95. The zero-order chi connectivity index (χ0) is 15.8. The second-order valence-corrected chi connectivity index (χ2v) is 5.69. The van der Waals surface area contributed by atoms with Crippen LogP contribution in [0.25, 0.3) is 0 Å².